The fourth-order valence-corrected chi connectivity index (χ4v) is 3.86. The Labute approximate surface area is 176 Å². The number of hydrogen-bond acceptors (Lipinski definition) is 7. The fraction of sp³-hybridized carbons (Fsp3) is 0.400. The van der Waals surface area contributed by atoms with Crippen molar-refractivity contribution >= 4 is 33.5 Å². The van der Waals surface area contributed by atoms with Crippen molar-refractivity contribution in [2.75, 3.05) is 17.1 Å². The zero-order chi connectivity index (χ0) is 22.4. The molecule has 0 aliphatic carbocycles. The Kier molecular flexibility index (Phi) is 7.49. The van der Waals surface area contributed by atoms with E-state index in [1.54, 1.807) is 19.9 Å². The molecule has 162 valence electrons. The van der Waals surface area contributed by atoms with E-state index in [4.69, 9.17) is 4.74 Å². The molecular formula is C20H26N4O5S. The number of esters is 1. The first-order chi connectivity index (χ1) is 14.1. The van der Waals surface area contributed by atoms with E-state index in [1.807, 2.05) is 6.92 Å². The molecule has 0 fully saturated rings. The zero-order valence-corrected chi connectivity index (χ0v) is 18.2. The molecule has 1 aromatic heterocycles. The Morgan fingerprint density at radius 1 is 1.17 bits per heavy atom. The molecule has 0 saturated carbocycles. The lowest BCUT2D eigenvalue weighted by molar-refractivity contribution is -0.153. The third kappa shape index (κ3) is 5.76. The number of hydrogen-bond donors (Lipinski definition) is 2. The molecule has 0 aliphatic rings. The van der Waals surface area contributed by atoms with Gasteiger partial charge in [-0.15, -0.1) is 0 Å². The normalized spacial score (nSPS) is 14.3. The summed E-state index contributed by atoms with van der Waals surface area (Å²) in [7, 11) is -2.53. The van der Waals surface area contributed by atoms with Crippen molar-refractivity contribution in [3.63, 3.8) is 0 Å². The van der Waals surface area contributed by atoms with Crippen molar-refractivity contribution in [3.05, 3.63) is 42.7 Å². The van der Waals surface area contributed by atoms with Crippen LogP contribution in [0.1, 0.15) is 33.6 Å². The minimum Gasteiger partial charge on any atom is -0.469 e. The molecule has 2 unspecified atom stereocenters. The standard InChI is InChI=1S/C20H26N4O5S/c1-5-20(3,18(26)29-4)13-14(2)17(25)23-15-7-9-16(10-8-15)30(27,28)24-19-21-11-6-12-22-19/h6-12,14H,5,13H2,1-4H3,(H,23,25)(H,21,22,24). The van der Waals surface area contributed by atoms with E-state index in [0.29, 0.717) is 18.5 Å². The Morgan fingerprint density at radius 2 is 1.77 bits per heavy atom. The number of amides is 1. The number of methoxy groups -OCH3 is 1. The molecule has 10 heteroatoms. The Morgan fingerprint density at radius 3 is 2.30 bits per heavy atom. The van der Waals surface area contributed by atoms with Gasteiger partial charge in [-0.1, -0.05) is 13.8 Å². The summed E-state index contributed by atoms with van der Waals surface area (Å²) in [5.74, 6) is -1.11. The van der Waals surface area contributed by atoms with Crippen molar-refractivity contribution in [2.45, 2.75) is 38.5 Å². The van der Waals surface area contributed by atoms with Crippen LogP contribution in [-0.4, -0.2) is 37.4 Å². The maximum Gasteiger partial charge on any atom is 0.311 e. The number of sulfonamides is 1. The summed E-state index contributed by atoms with van der Waals surface area (Å²) in [6.07, 6.45) is 3.72. The monoisotopic (exact) mass is 434 g/mol. The van der Waals surface area contributed by atoms with Crippen molar-refractivity contribution in [1.82, 2.24) is 9.97 Å². The van der Waals surface area contributed by atoms with Gasteiger partial charge in [-0.2, -0.15) is 0 Å². The molecule has 9 nitrogen and oxygen atoms in total. The maximum atomic E-state index is 12.5. The summed E-state index contributed by atoms with van der Waals surface area (Å²) >= 11 is 0. The molecule has 2 atom stereocenters. The van der Waals surface area contributed by atoms with Gasteiger partial charge in [-0.05, 0) is 50.1 Å². The highest BCUT2D eigenvalue weighted by Crippen LogP contribution is 2.31. The molecule has 2 rings (SSSR count). The minimum atomic E-state index is -3.85. The highest BCUT2D eigenvalue weighted by molar-refractivity contribution is 7.92. The molecule has 1 amide bonds. The maximum absolute atomic E-state index is 12.5. The molecule has 0 saturated heterocycles. The molecule has 0 spiro atoms. The molecule has 1 heterocycles. The van der Waals surface area contributed by atoms with Crippen LogP contribution < -0.4 is 10.0 Å². The number of rotatable bonds is 9. The average molecular weight is 435 g/mol. The first-order valence-corrected chi connectivity index (χ1v) is 10.9. The van der Waals surface area contributed by atoms with Crippen LogP contribution in [-0.2, 0) is 24.3 Å². The number of carbonyl (C=O) groups excluding carboxylic acids is 2. The summed E-state index contributed by atoms with van der Waals surface area (Å²) in [6.45, 7) is 5.37. The van der Waals surface area contributed by atoms with Gasteiger partial charge in [-0.3, -0.25) is 9.59 Å². The Bertz CT molecular complexity index is 980. The van der Waals surface area contributed by atoms with Gasteiger partial charge in [0.1, 0.15) is 0 Å². The van der Waals surface area contributed by atoms with Gasteiger partial charge in [-0.25, -0.2) is 23.1 Å². The van der Waals surface area contributed by atoms with Gasteiger partial charge in [0.25, 0.3) is 10.0 Å². The molecule has 2 N–H and O–H groups in total. The summed E-state index contributed by atoms with van der Waals surface area (Å²) < 4.78 is 31.9. The lowest BCUT2D eigenvalue weighted by Crippen LogP contribution is -2.34. The van der Waals surface area contributed by atoms with Crippen molar-refractivity contribution in [1.29, 1.82) is 0 Å². The second-order valence-electron chi connectivity index (χ2n) is 7.20. The summed E-state index contributed by atoms with van der Waals surface area (Å²) in [4.78, 5) is 32.2. The van der Waals surface area contributed by atoms with Crippen LogP contribution in [0.4, 0.5) is 11.6 Å². The van der Waals surface area contributed by atoms with Gasteiger partial charge >= 0.3 is 5.97 Å². The number of benzene rings is 1. The third-order valence-corrected chi connectivity index (χ3v) is 6.23. The second-order valence-corrected chi connectivity index (χ2v) is 8.88. The van der Waals surface area contributed by atoms with E-state index in [9.17, 15) is 18.0 Å². The molecule has 30 heavy (non-hydrogen) atoms. The lowest BCUT2D eigenvalue weighted by Gasteiger charge is -2.27. The molecule has 1 aromatic carbocycles. The van der Waals surface area contributed by atoms with Crippen molar-refractivity contribution in [3.8, 4) is 0 Å². The van der Waals surface area contributed by atoms with E-state index >= 15 is 0 Å². The first kappa shape index (κ1) is 23.3. The highest BCUT2D eigenvalue weighted by Gasteiger charge is 2.35. The largest absolute Gasteiger partial charge is 0.469 e. The molecule has 0 aliphatic heterocycles. The molecule has 0 bridgehead atoms. The Hall–Kier alpha value is -3.01. The third-order valence-electron chi connectivity index (χ3n) is 4.89. The predicted octanol–water partition coefficient (Wildman–Crippen LogP) is 2.83. The number of carbonyl (C=O) groups is 2. The van der Waals surface area contributed by atoms with Gasteiger partial charge in [0.15, 0.2) is 0 Å². The topological polar surface area (TPSA) is 127 Å². The zero-order valence-electron chi connectivity index (χ0n) is 17.4. The predicted molar refractivity (Wildman–Crippen MR) is 112 cm³/mol. The van der Waals surface area contributed by atoms with Gasteiger partial charge in [0.05, 0.1) is 17.4 Å². The van der Waals surface area contributed by atoms with Crippen LogP contribution in [0.15, 0.2) is 47.6 Å². The smallest absolute Gasteiger partial charge is 0.311 e. The quantitative estimate of drug-likeness (QED) is 0.581. The van der Waals surface area contributed by atoms with Crippen LogP contribution in [0.3, 0.4) is 0 Å². The molecule has 2 aromatic rings. The number of nitrogens with zero attached hydrogens (tertiary/aromatic N) is 2. The van der Waals surface area contributed by atoms with Crippen molar-refractivity contribution in [2.24, 2.45) is 11.3 Å². The van der Waals surface area contributed by atoms with Crippen molar-refractivity contribution < 1.29 is 22.7 Å². The van der Waals surface area contributed by atoms with Gasteiger partial charge in [0, 0.05) is 24.0 Å². The second kappa shape index (κ2) is 9.66. The van der Waals surface area contributed by atoms with Crippen LogP contribution in [0.25, 0.3) is 0 Å². The van der Waals surface area contributed by atoms with E-state index in [2.05, 4.69) is 20.0 Å². The van der Waals surface area contributed by atoms with Crippen LogP contribution in [0, 0.1) is 11.3 Å². The summed E-state index contributed by atoms with van der Waals surface area (Å²) in [5, 5.41) is 2.74. The number of aromatic nitrogens is 2. The fourth-order valence-electron chi connectivity index (χ4n) is 2.90. The summed E-state index contributed by atoms with van der Waals surface area (Å²) in [6, 6.07) is 7.30. The number of anilines is 2. The average Bonchev–Trinajstić information content (AvgIpc) is 2.73. The van der Waals surface area contributed by atoms with E-state index in [0.717, 1.165) is 0 Å². The summed E-state index contributed by atoms with van der Waals surface area (Å²) in [5.41, 5.74) is -0.313. The van der Waals surface area contributed by atoms with Crippen LogP contribution in [0.2, 0.25) is 0 Å². The van der Waals surface area contributed by atoms with Gasteiger partial charge in [0.2, 0.25) is 11.9 Å². The van der Waals surface area contributed by atoms with E-state index in [1.165, 1.54) is 43.8 Å². The Balaban J connectivity index is 2.04. The van der Waals surface area contributed by atoms with E-state index in [-0.39, 0.29) is 22.7 Å². The van der Waals surface area contributed by atoms with Crippen LogP contribution in [0.5, 0.6) is 0 Å². The minimum absolute atomic E-state index is 0.00486. The van der Waals surface area contributed by atoms with Crippen LogP contribution >= 0.6 is 0 Å². The molecular weight excluding hydrogens is 408 g/mol. The molecule has 0 radical (unpaired) electrons. The number of ether oxygens (including phenoxy) is 1. The first-order valence-electron chi connectivity index (χ1n) is 9.40. The van der Waals surface area contributed by atoms with E-state index < -0.39 is 21.4 Å². The highest BCUT2D eigenvalue weighted by atomic mass is 32.2. The lowest BCUT2D eigenvalue weighted by atomic mass is 9.79. The van der Waals surface area contributed by atoms with Gasteiger partial charge < -0.3 is 10.1 Å². The SMILES string of the molecule is CCC(C)(CC(C)C(=O)Nc1ccc(S(=O)(=O)Nc2ncccn2)cc1)C(=O)OC. The number of nitrogens with one attached hydrogen (secondary N) is 2.